The quantitative estimate of drug-likeness (QED) is 0.303. The zero-order chi connectivity index (χ0) is 22.9. The van der Waals surface area contributed by atoms with Gasteiger partial charge in [-0.05, 0) is 62.5 Å². The number of hydrogen-bond donors (Lipinski definition) is 0. The number of nitrogens with zero attached hydrogens (tertiary/aromatic N) is 2. The van der Waals surface area contributed by atoms with Gasteiger partial charge in [0.1, 0.15) is 5.75 Å². The van der Waals surface area contributed by atoms with Crippen molar-refractivity contribution in [2.24, 2.45) is 5.92 Å². The molecule has 9 nitrogen and oxygen atoms in total. The third-order valence-electron chi connectivity index (χ3n) is 7.81. The molecule has 1 saturated heterocycles. The highest BCUT2D eigenvalue weighted by atomic mass is 16.7. The average Bonchev–Trinajstić information content (AvgIpc) is 3.15. The van der Waals surface area contributed by atoms with Gasteiger partial charge in [0.2, 0.25) is 0 Å². The molecule has 2 aromatic rings. The lowest BCUT2D eigenvalue weighted by Gasteiger charge is -2.57. The van der Waals surface area contributed by atoms with Gasteiger partial charge in [-0.2, -0.15) is 0 Å². The molecule has 2 heterocycles. The molecule has 1 unspecified atom stereocenters. The molecule has 0 N–H and O–H groups in total. The number of nitro groups is 1. The van der Waals surface area contributed by atoms with Crippen molar-refractivity contribution in [3.8, 4) is 17.2 Å². The summed E-state index contributed by atoms with van der Waals surface area (Å²) in [5.41, 5.74) is 1.70. The van der Waals surface area contributed by atoms with Crippen molar-refractivity contribution in [1.29, 1.82) is 0 Å². The van der Waals surface area contributed by atoms with E-state index in [0.29, 0.717) is 24.1 Å². The summed E-state index contributed by atoms with van der Waals surface area (Å²) in [7, 11) is 2.15. The van der Waals surface area contributed by atoms with Gasteiger partial charge in [-0.1, -0.05) is 6.07 Å². The SMILES string of the molecule is CN1CC[C@@]23c4c5ccc(OC(=O)Oc6ccc([N+](=O)[O-])cc6)c4O[C@@H]2C(=O)CCC3[C@@H]1C5. The molecular weight excluding hydrogens is 428 g/mol. The maximum Gasteiger partial charge on any atom is 0.519 e. The maximum absolute atomic E-state index is 12.9. The van der Waals surface area contributed by atoms with Crippen LogP contribution >= 0.6 is 0 Å². The molecule has 4 aliphatic rings. The van der Waals surface area contributed by atoms with E-state index in [1.54, 1.807) is 6.07 Å². The number of non-ortho nitro benzene ring substituents is 1. The number of ketones is 1. The molecule has 0 radical (unpaired) electrons. The number of hydrogen-bond acceptors (Lipinski definition) is 8. The molecule has 0 aromatic heterocycles. The van der Waals surface area contributed by atoms with Crippen molar-refractivity contribution < 1.29 is 28.7 Å². The Morgan fingerprint density at radius 2 is 2.00 bits per heavy atom. The molecule has 1 spiro atoms. The highest BCUT2D eigenvalue weighted by Crippen LogP contribution is 2.63. The van der Waals surface area contributed by atoms with Gasteiger partial charge in [0.15, 0.2) is 23.4 Å². The first-order chi connectivity index (χ1) is 15.9. The van der Waals surface area contributed by atoms with E-state index in [9.17, 15) is 19.7 Å². The zero-order valence-corrected chi connectivity index (χ0v) is 18.0. The van der Waals surface area contributed by atoms with Crippen LogP contribution in [0.1, 0.15) is 30.4 Å². The Hall–Kier alpha value is -3.46. The monoisotopic (exact) mass is 450 g/mol. The van der Waals surface area contributed by atoms with Crippen LogP contribution in [0.25, 0.3) is 0 Å². The predicted octanol–water partition coefficient (Wildman–Crippen LogP) is 3.41. The first kappa shape index (κ1) is 20.2. The zero-order valence-electron chi connectivity index (χ0n) is 18.0. The van der Waals surface area contributed by atoms with Crippen LogP contribution in [0.5, 0.6) is 17.2 Å². The third-order valence-corrected chi connectivity index (χ3v) is 7.81. The summed E-state index contributed by atoms with van der Waals surface area (Å²) in [6, 6.07) is 9.18. The molecule has 6 rings (SSSR count). The Morgan fingerprint density at radius 3 is 2.76 bits per heavy atom. The van der Waals surface area contributed by atoms with E-state index in [4.69, 9.17) is 14.2 Å². The van der Waals surface area contributed by atoms with Crippen molar-refractivity contribution in [3.63, 3.8) is 0 Å². The average molecular weight is 450 g/mol. The highest BCUT2D eigenvalue weighted by molar-refractivity contribution is 5.89. The van der Waals surface area contributed by atoms with Gasteiger partial charge in [0, 0.05) is 35.6 Å². The van der Waals surface area contributed by atoms with Gasteiger partial charge in [0.25, 0.3) is 5.69 Å². The predicted molar refractivity (Wildman–Crippen MR) is 115 cm³/mol. The van der Waals surface area contributed by atoms with Crippen molar-refractivity contribution in [3.05, 3.63) is 57.6 Å². The van der Waals surface area contributed by atoms with Gasteiger partial charge in [-0.25, -0.2) is 4.79 Å². The molecule has 2 aliphatic heterocycles. The minimum Gasteiger partial charge on any atom is -0.477 e. The van der Waals surface area contributed by atoms with E-state index in [0.717, 1.165) is 36.9 Å². The number of piperidine rings is 1. The number of carbonyl (C=O) groups excluding carboxylic acids is 2. The Labute approximate surface area is 189 Å². The lowest BCUT2D eigenvalue weighted by atomic mass is 9.52. The van der Waals surface area contributed by atoms with Crippen molar-refractivity contribution in [2.75, 3.05) is 13.6 Å². The standard InChI is InChI=1S/C24H22N2O7/c1-25-11-10-24-16-7-8-18(27)22(24)33-21-19(9-2-13(20(21)24)12-17(16)25)32-23(28)31-15-5-3-14(4-6-15)26(29)30/h2-6,9,16-17,22H,7-8,10-12H2,1H3/t16?,17-,22+,24+/m0/s1. The fourth-order valence-electron chi connectivity index (χ4n) is 6.43. The number of Topliss-reactive ketones (excluding diaryl/α,β-unsaturated/α-hetero) is 1. The van der Waals surface area contributed by atoms with E-state index in [1.807, 2.05) is 6.07 Å². The molecule has 0 amide bonds. The largest absolute Gasteiger partial charge is 0.519 e. The van der Waals surface area contributed by atoms with Crippen LogP contribution in [-0.4, -0.2) is 47.5 Å². The second-order valence-corrected chi connectivity index (χ2v) is 9.28. The minimum absolute atomic E-state index is 0.107. The normalized spacial score (nSPS) is 29.1. The number of ether oxygens (including phenoxy) is 3. The molecule has 2 aliphatic carbocycles. The van der Waals surface area contributed by atoms with Crippen LogP contribution in [0, 0.1) is 16.0 Å². The first-order valence-corrected chi connectivity index (χ1v) is 11.1. The van der Waals surface area contributed by atoms with E-state index in [2.05, 4.69) is 11.9 Å². The van der Waals surface area contributed by atoms with Gasteiger partial charge >= 0.3 is 6.16 Å². The maximum atomic E-state index is 12.9. The van der Waals surface area contributed by atoms with Crippen molar-refractivity contribution >= 4 is 17.6 Å². The van der Waals surface area contributed by atoms with Crippen LogP contribution < -0.4 is 14.2 Å². The molecule has 9 heteroatoms. The van der Waals surface area contributed by atoms with Gasteiger partial charge in [0.05, 0.1) is 4.92 Å². The Balaban J connectivity index is 1.33. The van der Waals surface area contributed by atoms with Crippen molar-refractivity contribution in [2.45, 2.75) is 43.2 Å². The van der Waals surface area contributed by atoms with E-state index < -0.39 is 17.2 Å². The lowest BCUT2D eigenvalue weighted by molar-refractivity contribution is -0.384. The van der Waals surface area contributed by atoms with E-state index in [1.165, 1.54) is 24.3 Å². The summed E-state index contributed by atoms with van der Waals surface area (Å²) >= 11 is 0. The number of carbonyl (C=O) groups is 2. The van der Waals surface area contributed by atoms with Crippen LogP contribution in [-0.2, 0) is 16.6 Å². The summed E-state index contributed by atoms with van der Waals surface area (Å²) in [5, 5.41) is 10.8. The van der Waals surface area contributed by atoms with Gasteiger partial charge < -0.3 is 19.1 Å². The summed E-state index contributed by atoms with van der Waals surface area (Å²) in [6.07, 6.45) is 1.54. The number of likely N-dealkylation sites (N-methyl/N-ethyl adjacent to an activating group) is 1. The molecule has 4 atom stereocenters. The number of nitro benzene ring substituents is 1. The van der Waals surface area contributed by atoms with Crippen LogP contribution in [0.3, 0.4) is 0 Å². The number of benzene rings is 2. The van der Waals surface area contributed by atoms with Crippen LogP contribution in [0.2, 0.25) is 0 Å². The van der Waals surface area contributed by atoms with E-state index >= 15 is 0 Å². The van der Waals surface area contributed by atoms with Crippen molar-refractivity contribution in [1.82, 2.24) is 4.90 Å². The van der Waals surface area contributed by atoms with Crippen LogP contribution in [0.15, 0.2) is 36.4 Å². The number of likely N-dealkylation sites (tertiary alicyclic amines) is 1. The Morgan fingerprint density at radius 1 is 1.21 bits per heavy atom. The molecule has 33 heavy (non-hydrogen) atoms. The molecule has 2 aromatic carbocycles. The number of rotatable bonds is 3. The van der Waals surface area contributed by atoms with Gasteiger partial charge in [-0.15, -0.1) is 0 Å². The smallest absolute Gasteiger partial charge is 0.477 e. The topological polar surface area (TPSA) is 108 Å². The first-order valence-electron chi connectivity index (χ1n) is 11.1. The summed E-state index contributed by atoms with van der Waals surface area (Å²) in [6.45, 7) is 0.889. The fourth-order valence-corrected chi connectivity index (χ4v) is 6.43. The minimum atomic E-state index is -0.976. The van der Waals surface area contributed by atoms with E-state index in [-0.39, 0.29) is 28.4 Å². The molecule has 1 saturated carbocycles. The fraction of sp³-hybridized carbons (Fsp3) is 0.417. The highest BCUT2D eigenvalue weighted by Gasteiger charge is 2.65. The summed E-state index contributed by atoms with van der Waals surface area (Å²) < 4.78 is 17.0. The Bertz CT molecular complexity index is 1190. The Kier molecular flexibility index (Phi) is 4.29. The molecular formula is C24H22N2O7. The second kappa shape index (κ2) is 7.02. The molecule has 2 bridgehead atoms. The van der Waals surface area contributed by atoms with Gasteiger partial charge in [-0.3, -0.25) is 14.9 Å². The second-order valence-electron chi connectivity index (χ2n) is 9.28. The lowest BCUT2D eigenvalue weighted by Crippen LogP contribution is -2.65. The third kappa shape index (κ3) is 2.81. The summed E-state index contributed by atoms with van der Waals surface area (Å²) in [5.74, 6) is 1.27. The molecule has 170 valence electrons. The van der Waals surface area contributed by atoms with Crippen LogP contribution in [0.4, 0.5) is 10.5 Å². The molecule has 2 fully saturated rings. The summed E-state index contributed by atoms with van der Waals surface area (Å²) in [4.78, 5) is 38.1.